The second kappa shape index (κ2) is 8.28. The van der Waals surface area contributed by atoms with Crippen molar-refractivity contribution in [3.8, 4) is 11.8 Å². The van der Waals surface area contributed by atoms with Gasteiger partial charge in [0.2, 0.25) is 0 Å². The molecule has 2 aromatic heterocycles. The normalized spacial score (nSPS) is 27.2. The van der Waals surface area contributed by atoms with Crippen LogP contribution < -0.4 is 5.73 Å². The fourth-order valence-corrected chi connectivity index (χ4v) is 4.27. The number of aromatic nitrogens is 3. The van der Waals surface area contributed by atoms with Crippen molar-refractivity contribution in [2.75, 3.05) is 12.3 Å². The van der Waals surface area contributed by atoms with E-state index < -0.39 is 24.0 Å². The quantitative estimate of drug-likeness (QED) is 0.562. The minimum absolute atomic E-state index is 0.256. The topological polar surface area (TPSA) is 127 Å². The maximum absolute atomic E-state index is 11.0. The number of anilines is 1. The fraction of sp³-hybridized carbons (Fsp3) is 0.619. The number of hydrogen-bond donors (Lipinski definition) is 4. The molecule has 0 amide bonds. The first-order valence-corrected chi connectivity index (χ1v) is 10.3. The molecule has 2 aromatic rings. The molecular formula is C21H28N4O4. The number of fused-ring (bicyclic) bond motifs is 1. The minimum Gasteiger partial charge on any atom is -0.394 e. The van der Waals surface area contributed by atoms with Crippen molar-refractivity contribution in [3.63, 3.8) is 0 Å². The molecule has 0 radical (unpaired) electrons. The molecule has 1 saturated carbocycles. The first kappa shape index (κ1) is 20.1. The van der Waals surface area contributed by atoms with Crippen LogP contribution in [0.1, 0.15) is 63.2 Å². The smallest absolute Gasteiger partial charge is 0.148 e. The molecular weight excluding hydrogens is 372 g/mol. The van der Waals surface area contributed by atoms with Crippen molar-refractivity contribution in [2.24, 2.45) is 0 Å². The lowest BCUT2D eigenvalue weighted by atomic mass is 9.87. The van der Waals surface area contributed by atoms with Crippen LogP contribution in [0.2, 0.25) is 0 Å². The van der Waals surface area contributed by atoms with E-state index in [0.717, 1.165) is 25.7 Å². The van der Waals surface area contributed by atoms with Crippen LogP contribution in [-0.4, -0.2) is 54.3 Å². The maximum atomic E-state index is 11.0. The highest BCUT2D eigenvalue weighted by molar-refractivity contribution is 5.92. The van der Waals surface area contributed by atoms with Gasteiger partial charge >= 0.3 is 0 Å². The summed E-state index contributed by atoms with van der Waals surface area (Å²) < 4.78 is 7.56. The zero-order valence-electron chi connectivity index (χ0n) is 16.4. The molecule has 2 aliphatic rings. The number of nitrogens with zero attached hydrogens (tertiary/aromatic N) is 3. The molecule has 3 atom stereocenters. The van der Waals surface area contributed by atoms with Gasteiger partial charge in [-0.25, -0.2) is 9.97 Å². The lowest BCUT2D eigenvalue weighted by molar-refractivity contribution is -0.0430. The molecule has 29 heavy (non-hydrogen) atoms. The van der Waals surface area contributed by atoms with Crippen LogP contribution in [0.5, 0.6) is 0 Å². The first-order valence-electron chi connectivity index (χ1n) is 10.3. The van der Waals surface area contributed by atoms with E-state index >= 15 is 0 Å². The molecule has 8 nitrogen and oxygen atoms in total. The predicted molar refractivity (Wildman–Crippen MR) is 108 cm³/mol. The van der Waals surface area contributed by atoms with Crippen LogP contribution in [0.15, 0.2) is 12.5 Å². The van der Waals surface area contributed by atoms with Gasteiger partial charge in [-0.1, -0.05) is 31.1 Å². The standard InChI is InChI=1S/C21H28N4O4/c22-19-18-14(6-9-21(28)7-4-2-1-3-5-8-21)11-25(20(18)24-13-23-19)17-10-15(27)16(12-26)29-17/h11,13,15-17,26-28H,1-5,7-8,10,12H2,(H2,22,23,24)/t15-,16+,17+/m0/s1. The second-order valence-corrected chi connectivity index (χ2v) is 8.07. The van der Waals surface area contributed by atoms with E-state index in [9.17, 15) is 15.3 Å². The van der Waals surface area contributed by atoms with Crippen molar-refractivity contribution in [3.05, 3.63) is 18.1 Å². The number of ether oxygens (including phenoxy) is 1. The van der Waals surface area contributed by atoms with E-state index in [1.54, 1.807) is 10.8 Å². The van der Waals surface area contributed by atoms with Gasteiger partial charge in [0, 0.05) is 12.6 Å². The molecule has 156 valence electrons. The summed E-state index contributed by atoms with van der Waals surface area (Å²) in [6.07, 6.45) is 8.34. The number of aliphatic hydroxyl groups excluding tert-OH is 2. The molecule has 0 unspecified atom stereocenters. The Morgan fingerprint density at radius 1 is 1.21 bits per heavy atom. The summed E-state index contributed by atoms with van der Waals surface area (Å²) in [4.78, 5) is 8.43. The van der Waals surface area contributed by atoms with Crippen LogP contribution >= 0.6 is 0 Å². The van der Waals surface area contributed by atoms with Gasteiger partial charge in [-0.05, 0) is 25.7 Å². The second-order valence-electron chi connectivity index (χ2n) is 8.07. The third-order valence-electron chi connectivity index (χ3n) is 5.94. The molecule has 1 saturated heterocycles. The van der Waals surface area contributed by atoms with Gasteiger partial charge in [-0.2, -0.15) is 0 Å². The van der Waals surface area contributed by atoms with Gasteiger partial charge in [-0.15, -0.1) is 0 Å². The maximum Gasteiger partial charge on any atom is 0.148 e. The van der Waals surface area contributed by atoms with E-state index in [1.807, 2.05) is 0 Å². The zero-order valence-corrected chi connectivity index (χ0v) is 16.4. The first-order chi connectivity index (χ1) is 14.0. The Labute approximate surface area is 169 Å². The molecule has 1 aliphatic heterocycles. The Morgan fingerprint density at radius 2 is 1.93 bits per heavy atom. The number of hydrogen-bond acceptors (Lipinski definition) is 7. The third-order valence-corrected chi connectivity index (χ3v) is 5.94. The summed E-state index contributed by atoms with van der Waals surface area (Å²) >= 11 is 0. The van der Waals surface area contributed by atoms with Crippen LogP contribution in [-0.2, 0) is 4.74 Å². The van der Waals surface area contributed by atoms with Crippen molar-refractivity contribution in [1.29, 1.82) is 0 Å². The zero-order chi connectivity index (χ0) is 20.4. The lowest BCUT2D eigenvalue weighted by Crippen LogP contribution is -2.27. The molecule has 0 bridgehead atoms. The summed E-state index contributed by atoms with van der Waals surface area (Å²) in [5.41, 5.74) is 6.30. The highest BCUT2D eigenvalue weighted by Gasteiger charge is 2.35. The summed E-state index contributed by atoms with van der Waals surface area (Å²) in [6.45, 7) is -0.256. The number of nitrogens with two attached hydrogens (primary N) is 1. The van der Waals surface area contributed by atoms with Gasteiger partial charge in [-0.3, -0.25) is 0 Å². The molecule has 4 rings (SSSR count). The molecule has 0 aromatic carbocycles. The Kier molecular flexibility index (Phi) is 5.74. The molecule has 2 fully saturated rings. The van der Waals surface area contributed by atoms with E-state index in [-0.39, 0.29) is 6.61 Å². The average Bonchev–Trinajstić information content (AvgIpc) is 3.25. The van der Waals surface area contributed by atoms with Gasteiger partial charge in [0.05, 0.1) is 23.7 Å². The fourth-order valence-electron chi connectivity index (χ4n) is 4.27. The van der Waals surface area contributed by atoms with Crippen molar-refractivity contribution >= 4 is 16.9 Å². The molecule has 0 spiro atoms. The molecule has 1 aliphatic carbocycles. The Morgan fingerprint density at radius 3 is 2.62 bits per heavy atom. The monoisotopic (exact) mass is 400 g/mol. The lowest BCUT2D eigenvalue weighted by Gasteiger charge is -2.24. The Balaban J connectivity index is 1.71. The van der Waals surface area contributed by atoms with E-state index in [0.29, 0.717) is 41.7 Å². The van der Waals surface area contributed by atoms with Crippen molar-refractivity contribution in [2.45, 2.75) is 75.4 Å². The van der Waals surface area contributed by atoms with Crippen LogP contribution in [0, 0.1) is 11.8 Å². The predicted octanol–water partition coefficient (Wildman–Crippen LogP) is 1.48. The van der Waals surface area contributed by atoms with Gasteiger partial charge in [0.15, 0.2) is 0 Å². The van der Waals surface area contributed by atoms with Crippen molar-refractivity contribution < 1.29 is 20.1 Å². The van der Waals surface area contributed by atoms with Crippen LogP contribution in [0.25, 0.3) is 11.0 Å². The number of aliphatic hydroxyl groups is 3. The highest BCUT2D eigenvalue weighted by atomic mass is 16.5. The summed E-state index contributed by atoms with van der Waals surface area (Å²) in [6, 6.07) is 0. The Bertz CT molecular complexity index is 924. The molecule has 3 heterocycles. The van der Waals surface area contributed by atoms with Gasteiger partial charge < -0.3 is 30.4 Å². The van der Waals surface area contributed by atoms with E-state index in [4.69, 9.17) is 10.5 Å². The van der Waals surface area contributed by atoms with Crippen molar-refractivity contribution in [1.82, 2.24) is 14.5 Å². The summed E-state index contributed by atoms with van der Waals surface area (Å²) in [7, 11) is 0. The van der Waals surface area contributed by atoms with Crippen LogP contribution in [0.4, 0.5) is 5.82 Å². The Hall–Kier alpha value is -2.18. The SMILES string of the molecule is Nc1ncnc2c1c(C#CC1(O)CCCCCCC1)cn2[C@H]1C[C@H](O)[C@@H](CO)O1. The van der Waals surface area contributed by atoms with Gasteiger partial charge in [0.25, 0.3) is 0 Å². The highest BCUT2D eigenvalue weighted by Crippen LogP contribution is 2.34. The number of nitrogen functional groups attached to an aromatic ring is 1. The molecule has 8 heteroatoms. The summed E-state index contributed by atoms with van der Waals surface area (Å²) in [5.74, 6) is 6.51. The largest absolute Gasteiger partial charge is 0.394 e. The van der Waals surface area contributed by atoms with E-state index in [2.05, 4.69) is 21.8 Å². The molecule has 5 N–H and O–H groups in total. The van der Waals surface area contributed by atoms with E-state index in [1.165, 1.54) is 12.7 Å². The summed E-state index contributed by atoms with van der Waals surface area (Å²) in [5, 5.41) is 31.0. The third kappa shape index (κ3) is 4.09. The van der Waals surface area contributed by atoms with Crippen LogP contribution in [0.3, 0.4) is 0 Å². The average molecular weight is 400 g/mol. The number of rotatable bonds is 2. The van der Waals surface area contributed by atoms with Gasteiger partial charge in [0.1, 0.15) is 35.7 Å². The minimum atomic E-state index is -0.999.